The summed E-state index contributed by atoms with van der Waals surface area (Å²) in [5.41, 5.74) is 1.48. The molecular formula is C9H14ClNS. The van der Waals surface area contributed by atoms with Crippen LogP contribution in [0.5, 0.6) is 0 Å². The molecule has 68 valence electrons. The maximum atomic E-state index is 3.53. The minimum atomic E-state index is 0. The molecule has 0 aromatic carbocycles. The standard InChI is InChI=1S/C9H13NS.ClH/c1-2-5-10-9(3-1)8-4-6-11-7-8;/h4,6-7,9-10H,1-3,5H2;1H/t9-;/m0./s1. The number of nitrogens with one attached hydrogen (secondary N) is 1. The summed E-state index contributed by atoms with van der Waals surface area (Å²) >= 11 is 1.79. The van der Waals surface area contributed by atoms with Gasteiger partial charge in [-0.25, -0.2) is 0 Å². The van der Waals surface area contributed by atoms with Crippen LogP contribution >= 0.6 is 23.7 Å². The summed E-state index contributed by atoms with van der Waals surface area (Å²) in [5, 5.41) is 7.94. The van der Waals surface area contributed by atoms with Crippen molar-refractivity contribution in [1.29, 1.82) is 0 Å². The fourth-order valence-electron chi connectivity index (χ4n) is 1.61. The molecule has 0 aliphatic carbocycles. The molecule has 1 aromatic rings. The molecular weight excluding hydrogens is 190 g/mol. The van der Waals surface area contributed by atoms with E-state index in [4.69, 9.17) is 0 Å². The number of hydrogen-bond acceptors (Lipinski definition) is 2. The molecule has 1 fully saturated rings. The molecule has 1 saturated heterocycles. The van der Waals surface area contributed by atoms with Gasteiger partial charge in [-0.15, -0.1) is 12.4 Å². The predicted molar refractivity (Wildman–Crippen MR) is 56.2 cm³/mol. The van der Waals surface area contributed by atoms with Crippen molar-refractivity contribution in [2.75, 3.05) is 6.54 Å². The lowest BCUT2D eigenvalue weighted by atomic mass is 10.0. The topological polar surface area (TPSA) is 12.0 Å². The van der Waals surface area contributed by atoms with Gasteiger partial charge in [0.15, 0.2) is 0 Å². The second kappa shape index (κ2) is 4.85. The Morgan fingerprint density at radius 3 is 2.92 bits per heavy atom. The van der Waals surface area contributed by atoms with Gasteiger partial charge >= 0.3 is 0 Å². The van der Waals surface area contributed by atoms with Gasteiger partial charge < -0.3 is 5.32 Å². The molecule has 2 heterocycles. The van der Waals surface area contributed by atoms with E-state index in [-0.39, 0.29) is 12.4 Å². The fraction of sp³-hybridized carbons (Fsp3) is 0.556. The van der Waals surface area contributed by atoms with Gasteiger partial charge in [0.1, 0.15) is 0 Å². The van der Waals surface area contributed by atoms with Crippen LogP contribution in [-0.4, -0.2) is 6.54 Å². The van der Waals surface area contributed by atoms with Crippen molar-refractivity contribution in [2.24, 2.45) is 0 Å². The highest BCUT2D eigenvalue weighted by molar-refractivity contribution is 7.07. The molecule has 1 nitrogen and oxygen atoms in total. The van der Waals surface area contributed by atoms with E-state index < -0.39 is 0 Å². The summed E-state index contributed by atoms with van der Waals surface area (Å²) in [4.78, 5) is 0. The minimum Gasteiger partial charge on any atom is -0.310 e. The van der Waals surface area contributed by atoms with Crippen molar-refractivity contribution in [2.45, 2.75) is 25.3 Å². The summed E-state index contributed by atoms with van der Waals surface area (Å²) in [5.74, 6) is 0. The SMILES string of the molecule is Cl.c1cc([C@@H]2CCCCN2)cs1. The van der Waals surface area contributed by atoms with E-state index in [1.807, 2.05) is 0 Å². The van der Waals surface area contributed by atoms with Gasteiger partial charge in [-0.1, -0.05) is 6.42 Å². The van der Waals surface area contributed by atoms with Crippen molar-refractivity contribution >= 4 is 23.7 Å². The normalized spacial score (nSPS) is 23.2. The van der Waals surface area contributed by atoms with E-state index >= 15 is 0 Å². The molecule has 0 amide bonds. The highest BCUT2D eigenvalue weighted by Gasteiger charge is 2.13. The van der Waals surface area contributed by atoms with Gasteiger partial charge in [-0.3, -0.25) is 0 Å². The minimum absolute atomic E-state index is 0. The Kier molecular flexibility index (Phi) is 4.06. The number of thiophene rings is 1. The third kappa shape index (κ3) is 2.22. The number of piperidine rings is 1. The van der Waals surface area contributed by atoms with Gasteiger partial charge in [0, 0.05) is 6.04 Å². The fourth-order valence-corrected chi connectivity index (χ4v) is 2.32. The molecule has 0 bridgehead atoms. The van der Waals surface area contributed by atoms with E-state index in [1.54, 1.807) is 11.3 Å². The largest absolute Gasteiger partial charge is 0.310 e. The predicted octanol–water partition coefficient (Wildman–Crippen LogP) is 2.98. The molecule has 0 unspecified atom stereocenters. The summed E-state index contributed by atoms with van der Waals surface area (Å²) in [6.45, 7) is 1.19. The maximum absolute atomic E-state index is 3.53. The summed E-state index contributed by atoms with van der Waals surface area (Å²) in [6, 6.07) is 2.88. The number of rotatable bonds is 1. The van der Waals surface area contributed by atoms with Gasteiger partial charge in [0.25, 0.3) is 0 Å². The highest BCUT2D eigenvalue weighted by atomic mass is 35.5. The molecule has 3 heteroatoms. The highest BCUT2D eigenvalue weighted by Crippen LogP contribution is 2.24. The first kappa shape index (κ1) is 10.0. The van der Waals surface area contributed by atoms with Crippen molar-refractivity contribution in [3.05, 3.63) is 22.4 Å². The van der Waals surface area contributed by atoms with Crippen LogP contribution in [-0.2, 0) is 0 Å². The van der Waals surface area contributed by atoms with E-state index in [0.29, 0.717) is 6.04 Å². The Morgan fingerprint density at radius 2 is 2.33 bits per heavy atom. The van der Waals surface area contributed by atoms with Crippen LogP contribution in [0.25, 0.3) is 0 Å². The van der Waals surface area contributed by atoms with Crippen LogP contribution < -0.4 is 5.32 Å². The van der Waals surface area contributed by atoms with Crippen LogP contribution in [0.2, 0.25) is 0 Å². The lowest BCUT2D eigenvalue weighted by Gasteiger charge is -2.22. The Labute approximate surface area is 83.6 Å². The third-order valence-electron chi connectivity index (χ3n) is 2.26. The van der Waals surface area contributed by atoms with Crippen molar-refractivity contribution in [3.63, 3.8) is 0 Å². The Bertz CT molecular complexity index is 204. The molecule has 1 aliphatic rings. The van der Waals surface area contributed by atoms with Gasteiger partial charge in [0.05, 0.1) is 0 Å². The van der Waals surface area contributed by atoms with Crippen molar-refractivity contribution < 1.29 is 0 Å². The van der Waals surface area contributed by atoms with Crippen molar-refractivity contribution in [3.8, 4) is 0 Å². The summed E-state index contributed by atoms with van der Waals surface area (Å²) < 4.78 is 0. The van der Waals surface area contributed by atoms with Crippen molar-refractivity contribution in [1.82, 2.24) is 5.32 Å². The van der Waals surface area contributed by atoms with E-state index in [9.17, 15) is 0 Å². The Balaban J connectivity index is 0.000000720. The molecule has 2 rings (SSSR count). The van der Waals surface area contributed by atoms with E-state index in [2.05, 4.69) is 22.1 Å². The quantitative estimate of drug-likeness (QED) is 0.740. The van der Waals surface area contributed by atoms with E-state index in [0.717, 1.165) is 0 Å². The lowest BCUT2D eigenvalue weighted by molar-refractivity contribution is 0.413. The first-order valence-electron chi connectivity index (χ1n) is 4.22. The van der Waals surface area contributed by atoms with Crippen LogP contribution in [0.4, 0.5) is 0 Å². The number of hydrogen-bond donors (Lipinski definition) is 1. The van der Waals surface area contributed by atoms with Crippen LogP contribution in [0.15, 0.2) is 16.8 Å². The van der Waals surface area contributed by atoms with Gasteiger partial charge in [-0.05, 0) is 41.8 Å². The lowest BCUT2D eigenvalue weighted by Crippen LogP contribution is -2.26. The first-order chi connectivity index (χ1) is 5.47. The van der Waals surface area contributed by atoms with E-state index in [1.165, 1.54) is 31.4 Å². The summed E-state index contributed by atoms with van der Waals surface area (Å²) in [7, 11) is 0. The number of halogens is 1. The molecule has 0 spiro atoms. The zero-order valence-corrected chi connectivity index (χ0v) is 8.59. The molecule has 1 aliphatic heterocycles. The molecule has 12 heavy (non-hydrogen) atoms. The maximum Gasteiger partial charge on any atom is 0.0328 e. The monoisotopic (exact) mass is 203 g/mol. The van der Waals surface area contributed by atoms with Gasteiger partial charge in [0.2, 0.25) is 0 Å². The second-order valence-electron chi connectivity index (χ2n) is 3.06. The van der Waals surface area contributed by atoms with Crippen LogP contribution in [0, 0.1) is 0 Å². The zero-order chi connectivity index (χ0) is 7.52. The first-order valence-corrected chi connectivity index (χ1v) is 5.16. The molecule has 1 N–H and O–H groups in total. The molecule has 1 atom stereocenters. The molecule has 0 saturated carbocycles. The van der Waals surface area contributed by atoms with Crippen LogP contribution in [0.1, 0.15) is 30.9 Å². The Hall–Kier alpha value is -0.0500. The van der Waals surface area contributed by atoms with Crippen LogP contribution in [0.3, 0.4) is 0 Å². The molecule has 1 aromatic heterocycles. The Morgan fingerprint density at radius 1 is 1.42 bits per heavy atom. The average molecular weight is 204 g/mol. The zero-order valence-electron chi connectivity index (χ0n) is 6.95. The second-order valence-corrected chi connectivity index (χ2v) is 3.84. The summed E-state index contributed by atoms with van der Waals surface area (Å²) in [6.07, 6.45) is 4.05. The third-order valence-corrected chi connectivity index (χ3v) is 2.96. The van der Waals surface area contributed by atoms with Gasteiger partial charge in [-0.2, -0.15) is 11.3 Å². The average Bonchev–Trinajstić information content (AvgIpc) is 2.58. The molecule has 0 radical (unpaired) electrons. The smallest absolute Gasteiger partial charge is 0.0328 e.